The first-order chi connectivity index (χ1) is 15.0. The number of rotatable bonds is 7. The fourth-order valence-electron chi connectivity index (χ4n) is 3.71. The van der Waals surface area contributed by atoms with Crippen LogP contribution < -0.4 is 0 Å². The molecule has 6 heteroatoms. The van der Waals surface area contributed by atoms with Gasteiger partial charge in [-0.25, -0.2) is 8.42 Å². The smallest absolute Gasteiger partial charge is 0.242 e. The van der Waals surface area contributed by atoms with Gasteiger partial charge in [-0.3, -0.25) is 4.79 Å². The van der Waals surface area contributed by atoms with Crippen molar-refractivity contribution in [3.8, 4) is 0 Å². The summed E-state index contributed by atoms with van der Waals surface area (Å²) in [6.07, 6.45) is 1.58. The maximum absolute atomic E-state index is 13.3. The van der Waals surface area contributed by atoms with Crippen LogP contribution in [0.4, 0.5) is 0 Å². The summed E-state index contributed by atoms with van der Waals surface area (Å²) in [7, 11) is -3.70. The van der Waals surface area contributed by atoms with Crippen molar-refractivity contribution < 1.29 is 13.2 Å². The van der Waals surface area contributed by atoms with Crippen LogP contribution in [0.2, 0.25) is 0 Å². The van der Waals surface area contributed by atoms with Crippen LogP contribution in [0, 0.1) is 0 Å². The van der Waals surface area contributed by atoms with E-state index in [1.165, 1.54) is 0 Å². The zero-order valence-electron chi connectivity index (χ0n) is 17.3. The maximum Gasteiger partial charge on any atom is 0.242 e. The molecule has 0 aliphatic rings. The zero-order valence-corrected chi connectivity index (χ0v) is 18.1. The minimum atomic E-state index is -3.70. The van der Waals surface area contributed by atoms with E-state index in [1.54, 1.807) is 52.1 Å². The Morgan fingerprint density at radius 2 is 1.48 bits per heavy atom. The molecule has 0 aliphatic carbocycles. The summed E-state index contributed by atoms with van der Waals surface area (Å²) in [6, 6.07) is 25.5. The Bertz CT molecular complexity index is 1300. The summed E-state index contributed by atoms with van der Waals surface area (Å²) in [6.45, 7) is 3.11. The highest BCUT2D eigenvalue weighted by molar-refractivity contribution is 7.91. The van der Waals surface area contributed by atoms with Crippen molar-refractivity contribution >= 4 is 26.6 Å². The quantitative estimate of drug-likeness (QED) is 0.431. The van der Waals surface area contributed by atoms with Crippen molar-refractivity contribution in [1.29, 1.82) is 0 Å². The molecule has 3 aromatic carbocycles. The Balaban J connectivity index is 1.68. The van der Waals surface area contributed by atoms with E-state index in [1.807, 2.05) is 55.5 Å². The van der Waals surface area contributed by atoms with Gasteiger partial charge in [-0.2, -0.15) is 0 Å². The predicted molar refractivity (Wildman–Crippen MR) is 121 cm³/mol. The van der Waals surface area contributed by atoms with Gasteiger partial charge in [0, 0.05) is 30.2 Å². The highest BCUT2D eigenvalue weighted by atomic mass is 32.2. The van der Waals surface area contributed by atoms with Gasteiger partial charge in [0.1, 0.15) is 6.54 Å². The minimum absolute atomic E-state index is 0.0595. The van der Waals surface area contributed by atoms with Gasteiger partial charge in [0.05, 0.1) is 9.79 Å². The number of aromatic nitrogens is 1. The molecular weight excluding hydrogens is 408 g/mol. The summed E-state index contributed by atoms with van der Waals surface area (Å²) in [4.78, 5) is 15.3. The number of carbonyl (C=O) groups excluding carboxylic acids is 1. The Morgan fingerprint density at radius 1 is 0.871 bits per heavy atom. The standard InChI is InChI=1S/C25H24N2O3S/c1-2-26(17-20-11-5-3-6-12-20)25(28)19-27-18-24(22-15-9-10-16-23(22)27)31(29,30)21-13-7-4-8-14-21/h3-16,18H,2,17,19H2,1H3. The molecule has 0 N–H and O–H groups in total. The van der Waals surface area contributed by atoms with Crippen molar-refractivity contribution in [2.45, 2.75) is 29.8 Å². The average molecular weight is 433 g/mol. The number of hydrogen-bond donors (Lipinski definition) is 0. The molecule has 158 valence electrons. The topological polar surface area (TPSA) is 59.4 Å². The fourth-order valence-corrected chi connectivity index (χ4v) is 5.21. The fraction of sp³-hybridized carbons (Fsp3) is 0.160. The van der Waals surface area contributed by atoms with Crippen LogP contribution in [-0.2, 0) is 27.7 Å². The van der Waals surface area contributed by atoms with E-state index in [0.29, 0.717) is 18.5 Å². The summed E-state index contributed by atoms with van der Waals surface area (Å²) >= 11 is 0. The molecular formula is C25H24N2O3S. The number of benzene rings is 3. The SMILES string of the molecule is CCN(Cc1ccccc1)C(=O)Cn1cc(S(=O)(=O)c2ccccc2)c2ccccc21. The number of para-hydroxylation sites is 1. The van der Waals surface area contributed by atoms with Crippen LogP contribution in [0.25, 0.3) is 10.9 Å². The van der Waals surface area contributed by atoms with Crippen LogP contribution in [0.1, 0.15) is 12.5 Å². The molecule has 0 radical (unpaired) electrons. The average Bonchev–Trinajstić information content (AvgIpc) is 3.18. The molecule has 0 fully saturated rings. The van der Waals surface area contributed by atoms with E-state index >= 15 is 0 Å². The summed E-state index contributed by atoms with van der Waals surface area (Å²) in [5.74, 6) is -0.0595. The lowest BCUT2D eigenvalue weighted by atomic mass is 10.2. The third kappa shape index (κ3) is 4.25. The molecule has 0 bridgehead atoms. The first-order valence-electron chi connectivity index (χ1n) is 10.2. The maximum atomic E-state index is 13.3. The third-order valence-electron chi connectivity index (χ3n) is 5.35. The second kappa shape index (κ2) is 8.78. The molecule has 0 aliphatic heterocycles. The largest absolute Gasteiger partial charge is 0.337 e. The molecule has 0 spiro atoms. The van der Waals surface area contributed by atoms with Gasteiger partial charge < -0.3 is 9.47 Å². The lowest BCUT2D eigenvalue weighted by Gasteiger charge is -2.21. The highest BCUT2D eigenvalue weighted by Gasteiger charge is 2.24. The molecule has 0 saturated carbocycles. The molecule has 4 aromatic rings. The van der Waals surface area contributed by atoms with Gasteiger partial charge >= 0.3 is 0 Å². The Kier molecular flexibility index (Phi) is 5.91. The molecule has 5 nitrogen and oxygen atoms in total. The normalized spacial score (nSPS) is 11.5. The number of amides is 1. The molecule has 0 saturated heterocycles. The number of carbonyl (C=O) groups is 1. The zero-order chi connectivity index (χ0) is 21.8. The molecule has 0 unspecified atom stereocenters. The summed E-state index contributed by atoms with van der Waals surface area (Å²) in [5.41, 5.74) is 1.78. The van der Waals surface area contributed by atoms with Gasteiger partial charge in [0.25, 0.3) is 0 Å². The number of fused-ring (bicyclic) bond motifs is 1. The first-order valence-corrected chi connectivity index (χ1v) is 11.7. The second-order valence-electron chi connectivity index (χ2n) is 7.35. The van der Waals surface area contributed by atoms with Crippen molar-refractivity contribution in [1.82, 2.24) is 9.47 Å². The van der Waals surface area contributed by atoms with E-state index in [-0.39, 0.29) is 22.2 Å². The van der Waals surface area contributed by atoms with Crippen LogP contribution in [0.3, 0.4) is 0 Å². The van der Waals surface area contributed by atoms with Crippen LogP contribution in [-0.4, -0.2) is 30.3 Å². The number of hydrogen-bond acceptors (Lipinski definition) is 3. The van der Waals surface area contributed by atoms with Crippen LogP contribution in [0.15, 0.2) is 101 Å². The van der Waals surface area contributed by atoms with Crippen molar-refractivity contribution in [2.24, 2.45) is 0 Å². The van der Waals surface area contributed by atoms with Crippen LogP contribution >= 0.6 is 0 Å². The first kappa shape index (κ1) is 20.9. The number of sulfone groups is 1. The van der Waals surface area contributed by atoms with Crippen LogP contribution in [0.5, 0.6) is 0 Å². The molecule has 1 amide bonds. The molecule has 1 heterocycles. The number of likely N-dealkylation sites (N-methyl/N-ethyl adjacent to an activating group) is 1. The lowest BCUT2D eigenvalue weighted by Crippen LogP contribution is -2.33. The Morgan fingerprint density at radius 3 is 2.16 bits per heavy atom. The second-order valence-corrected chi connectivity index (χ2v) is 9.27. The molecule has 31 heavy (non-hydrogen) atoms. The minimum Gasteiger partial charge on any atom is -0.337 e. The van der Waals surface area contributed by atoms with E-state index in [9.17, 15) is 13.2 Å². The highest BCUT2D eigenvalue weighted by Crippen LogP contribution is 2.30. The Hall–Kier alpha value is -3.38. The summed E-state index contributed by atoms with van der Waals surface area (Å²) in [5, 5.41) is 0.616. The third-order valence-corrected chi connectivity index (χ3v) is 7.15. The van der Waals surface area contributed by atoms with E-state index in [4.69, 9.17) is 0 Å². The van der Waals surface area contributed by atoms with E-state index in [0.717, 1.165) is 11.1 Å². The van der Waals surface area contributed by atoms with Crippen molar-refractivity contribution in [2.75, 3.05) is 6.54 Å². The monoisotopic (exact) mass is 432 g/mol. The van der Waals surface area contributed by atoms with E-state index in [2.05, 4.69) is 0 Å². The van der Waals surface area contributed by atoms with Gasteiger partial charge in [-0.1, -0.05) is 66.7 Å². The van der Waals surface area contributed by atoms with Gasteiger partial charge in [0.15, 0.2) is 0 Å². The molecule has 0 atom stereocenters. The van der Waals surface area contributed by atoms with Gasteiger partial charge in [-0.15, -0.1) is 0 Å². The summed E-state index contributed by atoms with van der Waals surface area (Å²) < 4.78 is 28.3. The molecule has 4 rings (SSSR count). The van der Waals surface area contributed by atoms with Gasteiger partial charge in [0.2, 0.25) is 15.7 Å². The lowest BCUT2D eigenvalue weighted by molar-refractivity contribution is -0.132. The predicted octanol–water partition coefficient (Wildman–Crippen LogP) is 4.52. The van der Waals surface area contributed by atoms with Crippen molar-refractivity contribution in [3.63, 3.8) is 0 Å². The van der Waals surface area contributed by atoms with E-state index < -0.39 is 9.84 Å². The van der Waals surface area contributed by atoms with Gasteiger partial charge in [-0.05, 0) is 30.7 Å². The Labute approximate surface area is 182 Å². The molecule has 1 aromatic heterocycles. The van der Waals surface area contributed by atoms with Crippen molar-refractivity contribution in [3.05, 3.63) is 96.7 Å². The number of nitrogens with zero attached hydrogens (tertiary/aromatic N) is 2.